The predicted octanol–water partition coefficient (Wildman–Crippen LogP) is 2.87. The van der Waals surface area contributed by atoms with Crippen LogP contribution in [0.2, 0.25) is 0 Å². The lowest BCUT2D eigenvalue weighted by Crippen LogP contribution is -2.19. The third-order valence-corrected chi connectivity index (χ3v) is 5.16. The number of ether oxygens (including phenoxy) is 4. The normalized spacial score (nSPS) is 11.2. The van der Waals surface area contributed by atoms with Gasteiger partial charge in [0.05, 0.1) is 27.9 Å². The number of thiazole rings is 1. The number of carbonyl (C=O) groups excluding carboxylic acids is 1. The van der Waals surface area contributed by atoms with E-state index in [0.717, 1.165) is 10.2 Å². The summed E-state index contributed by atoms with van der Waals surface area (Å²) in [6.45, 7) is 0.0120. The zero-order valence-electron chi connectivity index (χ0n) is 16.3. The van der Waals surface area contributed by atoms with Crippen LogP contribution in [0.4, 0.5) is 0 Å². The number of rotatable bonds is 7. The maximum Gasteiger partial charge on any atom is 0.286 e. The molecule has 0 aliphatic carbocycles. The minimum absolute atomic E-state index is 0.217. The molecule has 0 aliphatic heterocycles. The maximum absolute atomic E-state index is 12.4. The van der Waals surface area contributed by atoms with Crippen molar-refractivity contribution in [2.75, 3.05) is 27.9 Å². The summed E-state index contributed by atoms with van der Waals surface area (Å²) in [5.41, 5.74) is 0.732. The van der Waals surface area contributed by atoms with Crippen molar-refractivity contribution >= 4 is 27.5 Å². The molecule has 8 heteroatoms. The Morgan fingerprint density at radius 1 is 1.10 bits per heavy atom. The largest absolute Gasteiger partial charge is 0.497 e. The summed E-state index contributed by atoms with van der Waals surface area (Å²) in [5, 5.41) is 0. The van der Waals surface area contributed by atoms with E-state index in [4.69, 9.17) is 25.4 Å². The fourth-order valence-corrected chi connectivity index (χ4v) is 3.91. The van der Waals surface area contributed by atoms with Crippen molar-refractivity contribution < 1.29 is 23.7 Å². The van der Waals surface area contributed by atoms with E-state index >= 15 is 0 Å². The molecular weight excluding hydrogens is 392 g/mol. The van der Waals surface area contributed by atoms with Crippen LogP contribution in [-0.2, 0) is 11.3 Å². The molecule has 1 aromatic heterocycles. The van der Waals surface area contributed by atoms with Gasteiger partial charge >= 0.3 is 0 Å². The fourth-order valence-electron chi connectivity index (χ4n) is 2.75. The molecule has 0 spiro atoms. The van der Waals surface area contributed by atoms with Gasteiger partial charge in [0.25, 0.3) is 5.91 Å². The van der Waals surface area contributed by atoms with Crippen LogP contribution in [0.15, 0.2) is 41.4 Å². The van der Waals surface area contributed by atoms with E-state index < -0.39 is 5.91 Å². The molecule has 0 aliphatic rings. The summed E-state index contributed by atoms with van der Waals surface area (Å²) in [7, 11) is 4.72. The molecule has 1 heterocycles. The van der Waals surface area contributed by atoms with Gasteiger partial charge in [-0.3, -0.25) is 4.79 Å². The molecule has 3 aromatic rings. The number of benzene rings is 2. The number of hydrogen-bond donors (Lipinski definition) is 0. The first-order valence-corrected chi connectivity index (χ1v) is 9.45. The second kappa shape index (κ2) is 9.17. The SMILES string of the molecule is C#CCn1c(=NC(=O)COc2cccc(OC)c2)sc2c(OC)ccc(OC)c21. The lowest BCUT2D eigenvalue weighted by Gasteiger charge is -2.08. The molecule has 0 radical (unpaired) electrons. The quantitative estimate of drug-likeness (QED) is 0.558. The van der Waals surface area contributed by atoms with Gasteiger partial charge in [-0.05, 0) is 24.3 Å². The molecule has 0 N–H and O–H groups in total. The van der Waals surface area contributed by atoms with Gasteiger partial charge in [0.1, 0.15) is 33.2 Å². The Balaban J connectivity index is 1.97. The van der Waals surface area contributed by atoms with E-state index in [1.807, 2.05) is 0 Å². The molecule has 3 rings (SSSR count). The second-order valence-electron chi connectivity index (χ2n) is 5.80. The van der Waals surface area contributed by atoms with E-state index in [1.54, 1.807) is 62.3 Å². The van der Waals surface area contributed by atoms with Crippen LogP contribution in [0.3, 0.4) is 0 Å². The van der Waals surface area contributed by atoms with Crippen LogP contribution in [0.25, 0.3) is 10.2 Å². The average molecular weight is 412 g/mol. The van der Waals surface area contributed by atoms with Gasteiger partial charge in [-0.25, -0.2) is 0 Å². The molecule has 0 fully saturated rings. The molecule has 0 bridgehead atoms. The summed E-state index contributed by atoms with van der Waals surface area (Å²) in [5.74, 6) is 4.58. The van der Waals surface area contributed by atoms with Crippen molar-refractivity contribution in [2.45, 2.75) is 6.54 Å². The molecule has 0 saturated heterocycles. The number of amides is 1. The second-order valence-corrected chi connectivity index (χ2v) is 6.77. The molecule has 0 unspecified atom stereocenters. The number of hydrogen-bond acceptors (Lipinski definition) is 6. The van der Waals surface area contributed by atoms with Crippen LogP contribution in [-0.4, -0.2) is 38.4 Å². The molecule has 29 heavy (non-hydrogen) atoms. The van der Waals surface area contributed by atoms with Crippen molar-refractivity contribution in [1.29, 1.82) is 0 Å². The van der Waals surface area contributed by atoms with E-state index in [-0.39, 0.29) is 13.2 Å². The van der Waals surface area contributed by atoms with Crippen LogP contribution in [0.5, 0.6) is 23.0 Å². The Kier molecular flexibility index (Phi) is 6.42. The highest BCUT2D eigenvalue weighted by Crippen LogP contribution is 2.35. The summed E-state index contributed by atoms with van der Waals surface area (Å²) >= 11 is 1.30. The monoisotopic (exact) mass is 412 g/mol. The van der Waals surface area contributed by atoms with E-state index in [1.165, 1.54) is 11.3 Å². The van der Waals surface area contributed by atoms with Gasteiger partial charge in [0, 0.05) is 6.07 Å². The van der Waals surface area contributed by atoms with E-state index in [9.17, 15) is 4.79 Å². The molecular formula is C21H20N2O5S. The molecule has 7 nitrogen and oxygen atoms in total. The number of methoxy groups -OCH3 is 3. The summed E-state index contributed by atoms with van der Waals surface area (Å²) in [6.07, 6.45) is 5.53. The topological polar surface area (TPSA) is 71.3 Å². The van der Waals surface area contributed by atoms with Crippen molar-refractivity contribution in [3.05, 3.63) is 41.2 Å². The zero-order valence-corrected chi connectivity index (χ0v) is 17.1. The highest BCUT2D eigenvalue weighted by Gasteiger charge is 2.16. The van der Waals surface area contributed by atoms with Gasteiger partial charge in [-0.1, -0.05) is 23.3 Å². The molecule has 150 valence electrons. The first-order valence-electron chi connectivity index (χ1n) is 8.63. The summed E-state index contributed by atoms with van der Waals surface area (Å²) < 4.78 is 24.1. The van der Waals surface area contributed by atoms with Gasteiger partial charge in [-0.15, -0.1) is 6.42 Å². The van der Waals surface area contributed by atoms with Gasteiger partial charge in [-0.2, -0.15) is 4.99 Å². The number of nitrogens with zero attached hydrogens (tertiary/aromatic N) is 2. The van der Waals surface area contributed by atoms with E-state index in [0.29, 0.717) is 27.8 Å². The Hall–Kier alpha value is -3.44. The zero-order chi connectivity index (χ0) is 20.8. The Bertz CT molecular complexity index is 1140. The Labute approximate surface area is 172 Å². The fraction of sp³-hybridized carbons (Fsp3) is 0.238. The minimum atomic E-state index is -0.442. The summed E-state index contributed by atoms with van der Waals surface area (Å²) in [4.78, 5) is 17.1. The van der Waals surface area contributed by atoms with Crippen LogP contribution < -0.4 is 23.7 Å². The standard InChI is InChI=1S/C21H20N2O5S/c1-5-11-23-19-16(26-3)9-10-17(27-4)20(19)29-21(23)22-18(24)13-28-15-8-6-7-14(12-15)25-2/h1,6-10,12H,11,13H2,2-4H3. The van der Waals surface area contributed by atoms with Crippen LogP contribution in [0.1, 0.15) is 0 Å². The van der Waals surface area contributed by atoms with Crippen LogP contribution in [0, 0.1) is 12.3 Å². The molecule has 1 amide bonds. The van der Waals surface area contributed by atoms with Gasteiger partial charge < -0.3 is 23.5 Å². The van der Waals surface area contributed by atoms with Crippen molar-refractivity contribution in [2.24, 2.45) is 4.99 Å². The lowest BCUT2D eigenvalue weighted by molar-refractivity contribution is -0.120. The Morgan fingerprint density at radius 3 is 2.52 bits per heavy atom. The smallest absolute Gasteiger partial charge is 0.286 e. The van der Waals surface area contributed by atoms with Crippen molar-refractivity contribution in [3.63, 3.8) is 0 Å². The number of fused-ring (bicyclic) bond motifs is 1. The van der Waals surface area contributed by atoms with Crippen molar-refractivity contribution in [1.82, 2.24) is 4.57 Å². The van der Waals surface area contributed by atoms with E-state index in [2.05, 4.69) is 10.9 Å². The first-order chi connectivity index (χ1) is 14.1. The molecule has 2 aromatic carbocycles. The number of aromatic nitrogens is 1. The third kappa shape index (κ3) is 4.36. The Morgan fingerprint density at radius 2 is 1.83 bits per heavy atom. The maximum atomic E-state index is 12.4. The molecule has 0 atom stereocenters. The highest BCUT2D eigenvalue weighted by molar-refractivity contribution is 7.16. The minimum Gasteiger partial charge on any atom is -0.497 e. The third-order valence-electron chi connectivity index (χ3n) is 4.07. The lowest BCUT2D eigenvalue weighted by atomic mass is 10.3. The van der Waals surface area contributed by atoms with Gasteiger partial charge in [0.2, 0.25) is 0 Å². The van der Waals surface area contributed by atoms with Crippen molar-refractivity contribution in [3.8, 4) is 35.3 Å². The average Bonchev–Trinajstić information content (AvgIpc) is 3.10. The molecule has 0 saturated carbocycles. The van der Waals surface area contributed by atoms with Gasteiger partial charge in [0.15, 0.2) is 11.4 Å². The number of carbonyl (C=O) groups is 1. The summed E-state index contributed by atoms with van der Waals surface area (Å²) in [6, 6.07) is 10.6. The van der Waals surface area contributed by atoms with Crippen LogP contribution >= 0.6 is 11.3 Å². The highest BCUT2D eigenvalue weighted by atomic mass is 32.1. The number of terminal acetylenes is 1. The first kappa shape index (κ1) is 20.3. The predicted molar refractivity (Wildman–Crippen MR) is 111 cm³/mol.